The molecule has 3 aromatic carbocycles. The van der Waals surface area contributed by atoms with Crippen molar-refractivity contribution in [3.63, 3.8) is 0 Å². The molecule has 1 heterocycles. The van der Waals surface area contributed by atoms with E-state index in [0.717, 1.165) is 39.8 Å². The summed E-state index contributed by atoms with van der Waals surface area (Å²) in [6, 6.07) is 16.4. The average Bonchev–Trinajstić information content (AvgIpc) is 3.30. The molecule has 9 heteroatoms. The minimum Gasteiger partial charge on any atom is -0.494 e. The molecular formula is C33H33ClFNO6. The van der Waals surface area contributed by atoms with Crippen LogP contribution in [0, 0.1) is 12.7 Å². The fourth-order valence-corrected chi connectivity index (χ4v) is 4.89. The van der Waals surface area contributed by atoms with Crippen molar-refractivity contribution in [2.75, 3.05) is 13.2 Å². The summed E-state index contributed by atoms with van der Waals surface area (Å²) in [7, 11) is 0. The first-order valence-corrected chi connectivity index (χ1v) is 14.1. The number of halogens is 2. The number of ether oxygens (including phenoxy) is 2. The van der Waals surface area contributed by atoms with Crippen LogP contribution in [-0.4, -0.2) is 39.9 Å². The predicted molar refractivity (Wildman–Crippen MR) is 162 cm³/mol. The molecule has 220 valence electrons. The number of hydrogen-bond acceptors (Lipinski definition) is 4. The third-order valence-corrected chi connectivity index (χ3v) is 7.25. The van der Waals surface area contributed by atoms with Crippen LogP contribution in [0.4, 0.5) is 4.39 Å². The van der Waals surface area contributed by atoms with Gasteiger partial charge in [0.1, 0.15) is 5.75 Å². The Morgan fingerprint density at radius 2 is 1.67 bits per heavy atom. The van der Waals surface area contributed by atoms with E-state index in [2.05, 4.69) is 0 Å². The van der Waals surface area contributed by atoms with E-state index in [9.17, 15) is 19.1 Å². The van der Waals surface area contributed by atoms with Gasteiger partial charge in [0.2, 0.25) is 0 Å². The summed E-state index contributed by atoms with van der Waals surface area (Å²) in [5.41, 5.74) is 4.16. The number of carboxylic acid groups (broad SMARTS) is 2. The third kappa shape index (κ3) is 8.13. The van der Waals surface area contributed by atoms with Crippen molar-refractivity contribution < 1.29 is 33.7 Å². The molecule has 0 fully saturated rings. The van der Waals surface area contributed by atoms with E-state index in [1.807, 2.05) is 65.4 Å². The zero-order valence-electron chi connectivity index (χ0n) is 23.3. The quantitative estimate of drug-likeness (QED) is 0.109. The molecule has 4 rings (SSSR count). The summed E-state index contributed by atoms with van der Waals surface area (Å²) in [6.07, 6.45) is 7.51. The SMILES string of the molecule is Cc1ccc(F)c(OCCCCOc2ccc(C=Cc3cccc4c3c(CC(=O)O)cn4CCCC(=O)O)cc2)c1Cl. The van der Waals surface area contributed by atoms with Gasteiger partial charge in [0.25, 0.3) is 0 Å². The lowest BCUT2D eigenvalue weighted by atomic mass is 10.0. The second-order valence-electron chi connectivity index (χ2n) is 9.97. The van der Waals surface area contributed by atoms with Crippen LogP contribution in [0.3, 0.4) is 0 Å². The topological polar surface area (TPSA) is 98.0 Å². The summed E-state index contributed by atoms with van der Waals surface area (Å²) >= 11 is 6.13. The standard InChI is InChI=1S/C33H33ClFNO6/c1-22-9-16-27(35)33(32(22)34)42-19-3-2-18-41-26-14-11-23(12-15-26)10-13-24-6-4-7-28-31(24)25(20-30(39)40)21-36(28)17-5-8-29(37)38/h4,6-7,9-16,21H,2-3,5,8,17-20H2,1H3,(H,37,38)(H,39,40). The summed E-state index contributed by atoms with van der Waals surface area (Å²) < 4.78 is 27.2. The number of unbranched alkanes of at least 4 members (excludes halogenated alkanes) is 1. The van der Waals surface area contributed by atoms with Gasteiger partial charge in [0.05, 0.1) is 24.7 Å². The smallest absolute Gasteiger partial charge is 0.307 e. The Balaban J connectivity index is 1.34. The third-order valence-electron chi connectivity index (χ3n) is 6.78. The Bertz CT molecular complexity index is 1580. The number of aliphatic carboxylic acids is 2. The van der Waals surface area contributed by atoms with Crippen molar-refractivity contribution in [1.29, 1.82) is 0 Å². The first-order valence-electron chi connectivity index (χ1n) is 13.8. The second kappa shape index (κ2) is 14.5. The number of benzene rings is 3. The molecule has 1 aromatic heterocycles. The molecule has 0 aliphatic rings. The van der Waals surface area contributed by atoms with E-state index in [-0.39, 0.29) is 18.6 Å². The maximum Gasteiger partial charge on any atom is 0.307 e. The van der Waals surface area contributed by atoms with Gasteiger partial charge in [-0.1, -0.05) is 54.1 Å². The van der Waals surface area contributed by atoms with Gasteiger partial charge in [0, 0.05) is 30.1 Å². The van der Waals surface area contributed by atoms with Crippen LogP contribution >= 0.6 is 11.6 Å². The summed E-state index contributed by atoms with van der Waals surface area (Å²) in [4.78, 5) is 22.5. The van der Waals surface area contributed by atoms with Crippen molar-refractivity contribution in [2.45, 2.75) is 45.6 Å². The Morgan fingerprint density at radius 1 is 0.929 bits per heavy atom. The van der Waals surface area contributed by atoms with Gasteiger partial charge >= 0.3 is 11.9 Å². The summed E-state index contributed by atoms with van der Waals surface area (Å²) in [6.45, 7) is 3.11. The molecule has 2 N–H and O–H groups in total. The summed E-state index contributed by atoms with van der Waals surface area (Å²) in [5, 5.41) is 19.6. The van der Waals surface area contributed by atoms with Crippen LogP contribution in [0.2, 0.25) is 5.02 Å². The molecule has 0 atom stereocenters. The van der Waals surface area contributed by atoms with Gasteiger partial charge < -0.3 is 24.3 Å². The van der Waals surface area contributed by atoms with E-state index >= 15 is 0 Å². The first-order chi connectivity index (χ1) is 20.2. The minimum atomic E-state index is -0.925. The summed E-state index contributed by atoms with van der Waals surface area (Å²) in [5.74, 6) is -1.44. The average molecular weight is 594 g/mol. The Hall–Kier alpha value is -4.30. The molecule has 0 saturated heterocycles. The van der Waals surface area contributed by atoms with Crippen molar-refractivity contribution in [3.05, 3.63) is 93.9 Å². The van der Waals surface area contributed by atoms with Crippen LogP contribution in [0.25, 0.3) is 23.1 Å². The van der Waals surface area contributed by atoms with Crippen LogP contribution < -0.4 is 9.47 Å². The number of carbonyl (C=O) groups is 2. The van der Waals surface area contributed by atoms with E-state index in [4.69, 9.17) is 26.2 Å². The number of nitrogens with zero attached hydrogens (tertiary/aromatic N) is 1. The molecule has 0 aliphatic carbocycles. The molecule has 0 radical (unpaired) electrons. The number of fused-ring (bicyclic) bond motifs is 1. The number of aromatic nitrogens is 1. The lowest BCUT2D eigenvalue weighted by molar-refractivity contribution is -0.137. The fraction of sp³-hybridized carbons (Fsp3) is 0.273. The molecular weight excluding hydrogens is 561 g/mol. The molecule has 0 spiro atoms. The molecule has 0 unspecified atom stereocenters. The van der Waals surface area contributed by atoms with Crippen molar-refractivity contribution in [2.24, 2.45) is 0 Å². The zero-order valence-corrected chi connectivity index (χ0v) is 24.1. The van der Waals surface area contributed by atoms with Crippen LogP contribution in [0.5, 0.6) is 11.5 Å². The Morgan fingerprint density at radius 3 is 2.38 bits per heavy atom. The van der Waals surface area contributed by atoms with Gasteiger partial charge in [-0.2, -0.15) is 0 Å². The highest BCUT2D eigenvalue weighted by molar-refractivity contribution is 6.32. The predicted octanol–water partition coefficient (Wildman–Crippen LogP) is 7.64. The van der Waals surface area contributed by atoms with Crippen molar-refractivity contribution >= 4 is 46.6 Å². The number of rotatable bonds is 15. The Kier molecular flexibility index (Phi) is 10.6. The van der Waals surface area contributed by atoms with Gasteiger partial charge in [0.15, 0.2) is 11.6 Å². The molecule has 42 heavy (non-hydrogen) atoms. The Labute approximate surface area is 248 Å². The zero-order chi connectivity index (χ0) is 30.1. The van der Waals surface area contributed by atoms with E-state index in [1.165, 1.54) is 6.07 Å². The fourth-order valence-electron chi connectivity index (χ4n) is 4.68. The molecule has 0 saturated carbocycles. The van der Waals surface area contributed by atoms with Crippen LogP contribution in [-0.2, 0) is 22.6 Å². The molecule has 4 aromatic rings. The highest BCUT2D eigenvalue weighted by Gasteiger charge is 2.14. The maximum atomic E-state index is 13.9. The number of hydrogen-bond donors (Lipinski definition) is 2. The maximum absolute atomic E-state index is 13.9. The van der Waals surface area contributed by atoms with Gasteiger partial charge in [-0.25, -0.2) is 4.39 Å². The second-order valence-corrected chi connectivity index (χ2v) is 10.3. The van der Waals surface area contributed by atoms with E-state index in [1.54, 1.807) is 13.0 Å². The normalized spacial score (nSPS) is 11.3. The first kappa shape index (κ1) is 30.7. The molecule has 7 nitrogen and oxygen atoms in total. The van der Waals surface area contributed by atoms with Gasteiger partial charge in [-0.05, 0) is 72.7 Å². The van der Waals surface area contributed by atoms with E-state index < -0.39 is 17.8 Å². The molecule has 0 bridgehead atoms. The molecule has 0 amide bonds. The van der Waals surface area contributed by atoms with Gasteiger partial charge in [-0.15, -0.1) is 0 Å². The highest BCUT2D eigenvalue weighted by Crippen LogP contribution is 2.31. The van der Waals surface area contributed by atoms with E-state index in [0.29, 0.717) is 43.2 Å². The van der Waals surface area contributed by atoms with Crippen LogP contribution in [0.1, 0.15) is 47.9 Å². The number of aryl methyl sites for hydroxylation is 2. The lowest BCUT2D eigenvalue weighted by Gasteiger charge is -2.11. The van der Waals surface area contributed by atoms with Gasteiger partial charge in [-0.3, -0.25) is 9.59 Å². The van der Waals surface area contributed by atoms with Crippen LogP contribution in [0.15, 0.2) is 60.8 Å². The lowest BCUT2D eigenvalue weighted by Crippen LogP contribution is -2.04. The largest absolute Gasteiger partial charge is 0.494 e. The minimum absolute atomic E-state index is 0.0478. The van der Waals surface area contributed by atoms with Crippen molar-refractivity contribution in [3.8, 4) is 11.5 Å². The number of carboxylic acids is 2. The molecule has 0 aliphatic heterocycles. The van der Waals surface area contributed by atoms with Crippen molar-refractivity contribution in [1.82, 2.24) is 4.57 Å². The highest BCUT2D eigenvalue weighted by atomic mass is 35.5. The monoisotopic (exact) mass is 593 g/mol.